The molecular weight excluding hydrogens is 285 g/mol. The highest BCUT2D eigenvalue weighted by molar-refractivity contribution is 6.01. The van der Waals surface area contributed by atoms with Crippen molar-refractivity contribution in [3.05, 3.63) is 47.8 Å². The molecule has 0 spiro atoms. The van der Waals surface area contributed by atoms with Gasteiger partial charge in [-0.15, -0.1) is 0 Å². The smallest absolute Gasteiger partial charge is 0.261 e. The molecule has 0 aliphatic heterocycles. The van der Waals surface area contributed by atoms with Gasteiger partial charge in [-0.05, 0) is 30.2 Å². The molecule has 1 aromatic heterocycles. The Morgan fingerprint density at radius 1 is 1.55 bits per heavy atom. The number of carbonyl (C=O) groups excluding carboxylic acids is 1. The standard InChI is InChI=1S/C15H14FN5O/c1-2-5-19-15(22)12(8-17)6-11-3-4-14(13(16)7-11)21-10-18-9-20-21/h3-4,6-7,9-10H,2,5H2,1H3,(H,19,22)/b12-6-. The second-order valence-corrected chi connectivity index (χ2v) is 4.48. The highest BCUT2D eigenvalue weighted by Gasteiger charge is 2.10. The van der Waals surface area contributed by atoms with Crippen LogP contribution in [-0.2, 0) is 4.79 Å². The molecule has 0 fully saturated rings. The number of nitrogens with one attached hydrogen (secondary N) is 1. The van der Waals surface area contributed by atoms with Gasteiger partial charge >= 0.3 is 0 Å². The van der Waals surface area contributed by atoms with Gasteiger partial charge in [0.05, 0.1) is 0 Å². The molecule has 1 amide bonds. The van der Waals surface area contributed by atoms with Crippen molar-refractivity contribution in [3.8, 4) is 11.8 Å². The van der Waals surface area contributed by atoms with E-state index in [9.17, 15) is 9.18 Å². The molecule has 0 saturated heterocycles. The van der Waals surface area contributed by atoms with Crippen molar-refractivity contribution in [2.45, 2.75) is 13.3 Å². The fraction of sp³-hybridized carbons (Fsp3) is 0.200. The number of halogens is 1. The number of nitriles is 1. The summed E-state index contributed by atoms with van der Waals surface area (Å²) >= 11 is 0. The first-order valence-electron chi connectivity index (χ1n) is 6.70. The highest BCUT2D eigenvalue weighted by atomic mass is 19.1. The zero-order valence-corrected chi connectivity index (χ0v) is 12.0. The fourth-order valence-corrected chi connectivity index (χ4v) is 1.78. The SMILES string of the molecule is CCCNC(=O)/C(C#N)=C\c1ccc(-n2cncn2)c(F)c1. The Labute approximate surface area is 126 Å². The summed E-state index contributed by atoms with van der Waals surface area (Å²) in [5.41, 5.74) is 0.592. The highest BCUT2D eigenvalue weighted by Crippen LogP contribution is 2.16. The van der Waals surface area contributed by atoms with Gasteiger partial charge in [0.25, 0.3) is 5.91 Å². The summed E-state index contributed by atoms with van der Waals surface area (Å²) in [4.78, 5) is 15.5. The van der Waals surface area contributed by atoms with Gasteiger partial charge in [0.15, 0.2) is 0 Å². The summed E-state index contributed by atoms with van der Waals surface area (Å²) in [7, 11) is 0. The molecular formula is C15H14FN5O. The van der Waals surface area contributed by atoms with E-state index in [4.69, 9.17) is 5.26 Å². The van der Waals surface area contributed by atoms with Gasteiger partial charge < -0.3 is 5.32 Å². The zero-order chi connectivity index (χ0) is 15.9. The molecule has 0 radical (unpaired) electrons. The van der Waals surface area contributed by atoms with Gasteiger partial charge in [0.2, 0.25) is 0 Å². The lowest BCUT2D eigenvalue weighted by molar-refractivity contribution is -0.117. The van der Waals surface area contributed by atoms with Gasteiger partial charge in [-0.25, -0.2) is 14.1 Å². The Balaban J connectivity index is 2.26. The van der Waals surface area contributed by atoms with E-state index in [0.29, 0.717) is 12.1 Å². The van der Waals surface area contributed by atoms with Crippen molar-refractivity contribution < 1.29 is 9.18 Å². The maximum absolute atomic E-state index is 14.1. The van der Waals surface area contributed by atoms with E-state index in [1.54, 1.807) is 6.07 Å². The molecule has 1 N–H and O–H groups in total. The molecule has 1 heterocycles. The Morgan fingerprint density at radius 2 is 2.36 bits per heavy atom. The Morgan fingerprint density at radius 3 is 2.95 bits per heavy atom. The summed E-state index contributed by atoms with van der Waals surface area (Å²) in [6.45, 7) is 2.39. The summed E-state index contributed by atoms with van der Waals surface area (Å²) in [5, 5.41) is 15.5. The van der Waals surface area contributed by atoms with Gasteiger partial charge in [-0.1, -0.05) is 13.0 Å². The van der Waals surface area contributed by atoms with Gasteiger partial charge in [0.1, 0.15) is 35.8 Å². The van der Waals surface area contributed by atoms with E-state index >= 15 is 0 Å². The number of hydrogen-bond donors (Lipinski definition) is 1. The van der Waals surface area contributed by atoms with E-state index in [-0.39, 0.29) is 11.3 Å². The van der Waals surface area contributed by atoms with Gasteiger partial charge in [-0.3, -0.25) is 4.79 Å². The lowest BCUT2D eigenvalue weighted by Crippen LogP contribution is -2.25. The van der Waals surface area contributed by atoms with E-state index < -0.39 is 11.7 Å². The van der Waals surface area contributed by atoms with E-state index in [2.05, 4.69) is 15.4 Å². The number of rotatable bonds is 5. The minimum absolute atomic E-state index is 0.0682. The molecule has 112 valence electrons. The largest absolute Gasteiger partial charge is 0.351 e. The minimum atomic E-state index is -0.523. The van der Waals surface area contributed by atoms with Crippen molar-refractivity contribution in [3.63, 3.8) is 0 Å². The van der Waals surface area contributed by atoms with Crippen LogP contribution in [0.2, 0.25) is 0 Å². The maximum atomic E-state index is 14.1. The van der Waals surface area contributed by atoms with E-state index in [1.807, 2.05) is 13.0 Å². The molecule has 2 rings (SSSR count). The normalized spacial score (nSPS) is 11.0. The van der Waals surface area contributed by atoms with E-state index in [0.717, 1.165) is 6.42 Å². The predicted molar refractivity (Wildman–Crippen MR) is 78.2 cm³/mol. The maximum Gasteiger partial charge on any atom is 0.261 e. The third-order valence-corrected chi connectivity index (χ3v) is 2.85. The fourth-order valence-electron chi connectivity index (χ4n) is 1.78. The minimum Gasteiger partial charge on any atom is -0.351 e. The van der Waals surface area contributed by atoms with Crippen LogP contribution in [0.4, 0.5) is 4.39 Å². The van der Waals surface area contributed by atoms with Crippen LogP contribution in [0.5, 0.6) is 0 Å². The number of carbonyl (C=O) groups is 1. The van der Waals surface area contributed by atoms with Crippen molar-refractivity contribution >= 4 is 12.0 Å². The second-order valence-electron chi connectivity index (χ2n) is 4.48. The van der Waals surface area contributed by atoms with Crippen LogP contribution in [0.1, 0.15) is 18.9 Å². The molecule has 0 saturated carbocycles. The third kappa shape index (κ3) is 3.55. The van der Waals surface area contributed by atoms with Crippen LogP contribution in [0.3, 0.4) is 0 Å². The molecule has 2 aromatic rings. The quantitative estimate of drug-likeness (QED) is 0.674. The number of amides is 1. The van der Waals surface area contributed by atoms with Crippen LogP contribution in [-0.4, -0.2) is 27.2 Å². The summed E-state index contributed by atoms with van der Waals surface area (Å²) in [6.07, 6.45) is 4.80. The number of nitrogens with zero attached hydrogens (tertiary/aromatic N) is 4. The molecule has 0 atom stereocenters. The Bertz CT molecular complexity index is 731. The molecule has 7 heteroatoms. The van der Waals surface area contributed by atoms with Gasteiger partial charge in [0, 0.05) is 6.54 Å². The van der Waals surface area contributed by atoms with Crippen LogP contribution in [0.25, 0.3) is 11.8 Å². The monoisotopic (exact) mass is 299 g/mol. The van der Waals surface area contributed by atoms with Crippen molar-refractivity contribution in [1.82, 2.24) is 20.1 Å². The van der Waals surface area contributed by atoms with Crippen molar-refractivity contribution in [2.24, 2.45) is 0 Å². The molecule has 1 aromatic carbocycles. The van der Waals surface area contributed by atoms with E-state index in [1.165, 1.54) is 35.5 Å². The number of aromatic nitrogens is 3. The average molecular weight is 299 g/mol. The number of hydrogen-bond acceptors (Lipinski definition) is 4. The van der Waals surface area contributed by atoms with Crippen LogP contribution in [0.15, 0.2) is 36.4 Å². The third-order valence-electron chi connectivity index (χ3n) is 2.85. The topological polar surface area (TPSA) is 83.6 Å². The predicted octanol–water partition coefficient (Wildman–Crippen LogP) is 1.84. The first-order valence-corrected chi connectivity index (χ1v) is 6.70. The van der Waals surface area contributed by atoms with Crippen molar-refractivity contribution in [1.29, 1.82) is 5.26 Å². The van der Waals surface area contributed by atoms with Crippen molar-refractivity contribution in [2.75, 3.05) is 6.54 Å². The lowest BCUT2D eigenvalue weighted by atomic mass is 10.1. The average Bonchev–Trinajstić information content (AvgIpc) is 3.04. The molecule has 0 aliphatic rings. The first kappa shape index (κ1) is 15.4. The lowest BCUT2D eigenvalue weighted by Gasteiger charge is -2.04. The second kappa shape index (κ2) is 7.13. The van der Waals surface area contributed by atoms with Gasteiger partial charge in [-0.2, -0.15) is 10.4 Å². The Kier molecular flexibility index (Phi) is 4.98. The van der Waals surface area contributed by atoms with Crippen LogP contribution >= 0.6 is 0 Å². The molecule has 6 nitrogen and oxygen atoms in total. The molecule has 0 aliphatic carbocycles. The summed E-state index contributed by atoms with van der Waals surface area (Å²) in [5.74, 6) is -0.990. The Hall–Kier alpha value is -3.01. The van der Waals surface area contributed by atoms with Crippen LogP contribution in [0, 0.1) is 17.1 Å². The first-order chi connectivity index (χ1) is 10.7. The number of benzene rings is 1. The summed E-state index contributed by atoms with van der Waals surface area (Å²) in [6, 6.07) is 6.17. The molecule has 0 bridgehead atoms. The molecule has 0 unspecified atom stereocenters. The van der Waals surface area contributed by atoms with Crippen LogP contribution < -0.4 is 5.32 Å². The summed E-state index contributed by atoms with van der Waals surface area (Å²) < 4.78 is 15.4. The zero-order valence-electron chi connectivity index (χ0n) is 12.0. The molecule has 22 heavy (non-hydrogen) atoms.